The number of hydrogen-bond donors (Lipinski definition) is 0. The summed E-state index contributed by atoms with van der Waals surface area (Å²) >= 11 is 0. The molecule has 0 N–H and O–H groups in total. The van der Waals surface area contributed by atoms with Crippen LogP contribution in [0.2, 0.25) is 0 Å². The predicted octanol–water partition coefficient (Wildman–Crippen LogP) is 6.51. The van der Waals surface area contributed by atoms with Crippen LogP contribution in [0.4, 0.5) is 26.3 Å². The van der Waals surface area contributed by atoms with Crippen molar-refractivity contribution in [1.82, 2.24) is 0 Å². The highest BCUT2D eigenvalue weighted by molar-refractivity contribution is 5.73. The molecule has 2 aromatic carbocycles. The van der Waals surface area contributed by atoms with Crippen molar-refractivity contribution in [2.45, 2.75) is 32.1 Å². The van der Waals surface area contributed by atoms with Crippen LogP contribution in [0, 0.1) is 0 Å². The molecule has 6 heteroatoms. The zero-order valence-electron chi connectivity index (χ0n) is 12.4. The molecule has 0 spiro atoms. The molecular formula is C17H14F6. The third-order valence-electron chi connectivity index (χ3n) is 3.52. The normalized spacial score (nSPS) is 12.7. The Kier molecular flexibility index (Phi) is 4.46. The Morgan fingerprint density at radius 3 is 1.65 bits per heavy atom. The Hall–Kier alpha value is -1.98. The minimum Gasteiger partial charge on any atom is -0.166 e. The molecule has 124 valence electrons. The zero-order valence-corrected chi connectivity index (χ0v) is 12.4. The van der Waals surface area contributed by atoms with E-state index in [1.807, 2.05) is 13.8 Å². The van der Waals surface area contributed by atoms with E-state index in [9.17, 15) is 26.3 Å². The summed E-state index contributed by atoms with van der Waals surface area (Å²) in [6.07, 6.45) is -9.74. The van der Waals surface area contributed by atoms with Gasteiger partial charge >= 0.3 is 12.4 Å². The second kappa shape index (κ2) is 5.91. The van der Waals surface area contributed by atoms with E-state index in [4.69, 9.17) is 0 Å². The van der Waals surface area contributed by atoms with Gasteiger partial charge in [-0.25, -0.2) is 0 Å². The van der Waals surface area contributed by atoms with E-state index in [-0.39, 0.29) is 11.5 Å². The monoisotopic (exact) mass is 332 g/mol. The van der Waals surface area contributed by atoms with Gasteiger partial charge in [0.15, 0.2) is 0 Å². The quantitative estimate of drug-likeness (QED) is 0.550. The molecule has 2 aromatic rings. The third-order valence-corrected chi connectivity index (χ3v) is 3.52. The molecule has 0 amide bonds. The average Bonchev–Trinajstić information content (AvgIpc) is 2.44. The maximum atomic E-state index is 13.2. The molecule has 0 aliphatic rings. The lowest BCUT2D eigenvalue weighted by atomic mass is 9.91. The van der Waals surface area contributed by atoms with Crippen LogP contribution >= 0.6 is 0 Å². The minimum atomic E-state index is -4.87. The Morgan fingerprint density at radius 2 is 1.22 bits per heavy atom. The van der Waals surface area contributed by atoms with Crippen molar-refractivity contribution in [3.05, 3.63) is 59.2 Å². The smallest absolute Gasteiger partial charge is 0.166 e. The molecule has 0 heterocycles. The standard InChI is InChI=1S/C17H14F6/c1-10(2)11-5-3-6-12(9-11)15-13(16(18,19)20)7-4-8-14(15)17(21,22)23/h3-10H,1-2H3. The van der Waals surface area contributed by atoms with E-state index >= 15 is 0 Å². The molecule has 2 rings (SSSR count). The Balaban J connectivity index is 2.80. The highest BCUT2D eigenvalue weighted by atomic mass is 19.4. The molecule has 0 aliphatic heterocycles. The first kappa shape index (κ1) is 17.4. The summed E-state index contributed by atoms with van der Waals surface area (Å²) in [6.45, 7) is 3.64. The van der Waals surface area contributed by atoms with Crippen molar-refractivity contribution < 1.29 is 26.3 Å². The SMILES string of the molecule is CC(C)c1cccc(-c2c(C(F)(F)F)cccc2C(F)(F)F)c1. The van der Waals surface area contributed by atoms with E-state index in [0.29, 0.717) is 17.7 Å². The Morgan fingerprint density at radius 1 is 0.739 bits per heavy atom. The van der Waals surface area contributed by atoms with Crippen LogP contribution in [0.5, 0.6) is 0 Å². The molecule has 0 radical (unpaired) electrons. The van der Waals surface area contributed by atoms with Crippen LogP contribution in [0.25, 0.3) is 11.1 Å². The number of rotatable bonds is 2. The fourth-order valence-corrected chi connectivity index (χ4v) is 2.39. The van der Waals surface area contributed by atoms with Crippen LogP contribution in [0.15, 0.2) is 42.5 Å². The van der Waals surface area contributed by atoms with E-state index in [1.54, 1.807) is 6.07 Å². The maximum absolute atomic E-state index is 13.2. The van der Waals surface area contributed by atoms with Crippen LogP contribution in [0.3, 0.4) is 0 Å². The lowest BCUT2D eigenvalue weighted by Gasteiger charge is -2.19. The highest BCUT2D eigenvalue weighted by Gasteiger charge is 2.40. The van der Waals surface area contributed by atoms with E-state index in [2.05, 4.69) is 0 Å². The predicted molar refractivity (Wildman–Crippen MR) is 76.0 cm³/mol. The largest absolute Gasteiger partial charge is 0.417 e. The lowest BCUT2D eigenvalue weighted by Crippen LogP contribution is -2.14. The first-order valence-electron chi connectivity index (χ1n) is 6.89. The van der Waals surface area contributed by atoms with Gasteiger partial charge in [-0.05, 0) is 29.2 Å². The van der Waals surface area contributed by atoms with Gasteiger partial charge in [-0.2, -0.15) is 26.3 Å². The van der Waals surface area contributed by atoms with E-state index in [1.165, 1.54) is 18.2 Å². The van der Waals surface area contributed by atoms with Crippen molar-refractivity contribution in [2.75, 3.05) is 0 Å². The number of benzene rings is 2. The summed E-state index contributed by atoms with van der Waals surface area (Å²) in [5, 5.41) is 0. The first-order valence-corrected chi connectivity index (χ1v) is 6.89. The van der Waals surface area contributed by atoms with E-state index < -0.39 is 29.0 Å². The van der Waals surface area contributed by atoms with Gasteiger partial charge in [0.05, 0.1) is 11.1 Å². The molecule has 0 atom stereocenters. The average molecular weight is 332 g/mol. The van der Waals surface area contributed by atoms with Crippen LogP contribution in [-0.2, 0) is 12.4 Å². The second-order valence-corrected chi connectivity index (χ2v) is 5.50. The van der Waals surface area contributed by atoms with Crippen LogP contribution in [0.1, 0.15) is 36.5 Å². The molecule has 0 saturated carbocycles. The fourth-order valence-electron chi connectivity index (χ4n) is 2.39. The molecular weight excluding hydrogens is 318 g/mol. The zero-order chi connectivity index (χ0) is 17.4. The summed E-state index contributed by atoms with van der Waals surface area (Å²) in [7, 11) is 0. The van der Waals surface area contributed by atoms with Gasteiger partial charge in [0.2, 0.25) is 0 Å². The Labute approximate surface area is 129 Å². The summed E-state index contributed by atoms with van der Waals surface area (Å²) < 4.78 is 79.2. The van der Waals surface area contributed by atoms with Gasteiger partial charge in [-0.1, -0.05) is 44.2 Å². The lowest BCUT2D eigenvalue weighted by molar-refractivity contribution is -0.142. The van der Waals surface area contributed by atoms with Gasteiger partial charge in [0, 0.05) is 5.56 Å². The van der Waals surface area contributed by atoms with Crippen LogP contribution in [-0.4, -0.2) is 0 Å². The van der Waals surface area contributed by atoms with Crippen molar-refractivity contribution in [3.8, 4) is 11.1 Å². The van der Waals surface area contributed by atoms with Gasteiger partial charge in [0.1, 0.15) is 0 Å². The van der Waals surface area contributed by atoms with Gasteiger partial charge in [0.25, 0.3) is 0 Å². The van der Waals surface area contributed by atoms with Gasteiger partial charge in [-0.15, -0.1) is 0 Å². The van der Waals surface area contributed by atoms with Crippen molar-refractivity contribution >= 4 is 0 Å². The topological polar surface area (TPSA) is 0 Å². The molecule has 23 heavy (non-hydrogen) atoms. The Bertz CT molecular complexity index is 663. The molecule has 0 unspecified atom stereocenters. The van der Waals surface area contributed by atoms with Gasteiger partial charge in [-0.3, -0.25) is 0 Å². The molecule has 0 nitrogen and oxygen atoms in total. The molecule has 0 fully saturated rings. The molecule has 0 saturated heterocycles. The molecule has 0 bridgehead atoms. The second-order valence-electron chi connectivity index (χ2n) is 5.50. The van der Waals surface area contributed by atoms with Gasteiger partial charge < -0.3 is 0 Å². The highest BCUT2D eigenvalue weighted by Crippen LogP contribution is 2.44. The third kappa shape index (κ3) is 3.68. The van der Waals surface area contributed by atoms with Crippen molar-refractivity contribution in [2.24, 2.45) is 0 Å². The summed E-state index contributed by atoms with van der Waals surface area (Å²) in [5.41, 5.74) is -2.81. The number of alkyl halides is 6. The number of halogens is 6. The minimum absolute atomic E-state index is 0.0117. The van der Waals surface area contributed by atoms with Crippen LogP contribution < -0.4 is 0 Å². The maximum Gasteiger partial charge on any atom is 0.417 e. The molecule has 0 aliphatic carbocycles. The number of hydrogen-bond acceptors (Lipinski definition) is 0. The van der Waals surface area contributed by atoms with Crippen molar-refractivity contribution in [1.29, 1.82) is 0 Å². The van der Waals surface area contributed by atoms with E-state index in [0.717, 1.165) is 6.07 Å². The first-order chi connectivity index (χ1) is 10.5. The van der Waals surface area contributed by atoms with Crippen molar-refractivity contribution in [3.63, 3.8) is 0 Å². The summed E-state index contributed by atoms with van der Waals surface area (Å²) in [6, 6.07) is 7.92. The summed E-state index contributed by atoms with van der Waals surface area (Å²) in [5.74, 6) is -0.0117. The molecule has 0 aromatic heterocycles. The fraction of sp³-hybridized carbons (Fsp3) is 0.294. The summed E-state index contributed by atoms with van der Waals surface area (Å²) in [4.78, 5) is 0.